The molecule has 8 heteroatoms. The minimum atomic E-state index is -0.823. The minimum absolute atomic E-state index is 0.120. The summed E-state index contributed by atoms with van der Waals surface area (Å²) in [6, 6.07) is 17.5. The molecule has 0 amide bonds. The molecule has 0 spiro atoms. The quantitative estimate of drug-likeness (QED) is 0.184. The van der Waals surface area contributed by atoms with Gasteiger partial charge in [-0.3, -0.25) is 9.69 Å². The van der Waals surface area contributed by atoms with Gasteiger partial charge in [-0.05, 0) is 97.0 Å². The SMILES string of the molecule is CC[C@@H]1CN(Cc2cc(C(c3ccc4c(nnn4C)c3C)C(C)(C)C(=O)OC)ccc2C)Cc2cc3ccsc3cc2O1. The second-order valence-electron chi connectivity index (χ2n) is 12.4. The molecule has 3 heterocycles. The molecule has 224 valence electrons. The third-order valence-corrected chi connectivity index (χ3v) is 10.0. The molecule has 0 saturated carbocycles. The molecule has 7 nitrogen and oxygen atoms in total. The number of carbonyl (C=O) groups excluding carboxylic acids is 1. The molecule has 0 radical (unpaired) electrons. The second kappa shape index (κ2) is 11.4. The van der Waals surface area contributed by atoms with Crippen LogP contribution in [0.3, 0.4) is 0 Å². The van der Waals surface area contributed by atoms with Gasteiger partial charge in [-0.2, -0.15) is 0 Å². The fourth-order valence-corrected chi connectivity index (χ4v) is 7.42. The first kappa shape index (κ1) is 29.3. The third-order valence-electron chi connectivity index (χ3n) is 9.16. The number of methoxy groups -OCH3 is 1. The first-order valence-electron chi connectivity index (χ1n) is 15.0. The highest BCUT2D eigenvalue weighted by Gasteiger charge is 2.41. The van der Waals surface area contributed by atoms with Crippen molar-refractivity contribution in [2.45, 2.75) is 66.2 Å². The van der Waals surface area contributed by atoms with Crippen molar-refractivity contribution in [1.82, 2.24) is 19.9 Å². The summed E-state index contributed by atoms with van der Waals surface area (Å²) >= 11 is 1.76. The molecule has 1 unspecified atom stereocenters. The van der Waals surface area contributed by atoms with E-state index in [0.29, 0.717) is 0 Å². The van der Waals surface area contributed by atoms with Crippen molar-refractivity contribution < 1.29 is 14.3 Å². The first-order valence-corrected chi connectivity index (χ1v) is 15.8. The van der Waals surface area contributed by atoms with Crippen molar-refractivity contribution in [1.29, 1.82) is 0 Å². The largest absolute Gasteiger partial charge is 0.489 e. The summed E-state index contributed by atoms with van der Waals surface area (Å²) < 4.78 is 14.9. The van der Waals surface area contributed by atoms with Gasteiger partial charge in [-0.1, -0.05) is 36.4 Å². The van der Waals surface area contributed by atoms with Crippen molar-refractivity contribution in [2.75, 3.05) is 13.7 Å². The smallest absolute Gasteiger partial charge is 0.312 e. The number of hydrogen-bond acceptors (Lipinski definition) is 7. The third kappa shape index (κ3) is 5.31. The number of carbonyl (C=O) groups is 1. The number of nitrogens with zero attached hydrogens (tertiary/aromatic N) is 4. The predicted molar refractivity (Wildman–Crippen MR) is 173 cm³/mol. The number of rotatable bonds is 7. The van der Waals surface area contributed by atoms with Crippen LogP contribution < -0.4 is 4.74 Å². The molecule has 0 bridgehead atoms. The van der Waals surface area contributed by atoms with Crippen LogP contribution in [0.5, 0.6) is 5.75 Å². The molecule has 1 aliphatic rings. The maximum absolute atomic E-state index is 13.3. The number of hydrogen-bond donors (Lipinski definition) is 0. The highest BCUT2D eigenvalue weighted by atomic mass is 32.1. The molecule has 5 aromatic rings. The summed E-state index contributed by atoms with van der Waals surface area (Å²) in [4.78, 5) is 15.8. The van der Waals surface area contributed by atoms with Crippen LogP contribution in [-0.2, 0) is 29.7 Å². The maximum Gasteiger partial charge on any atom is 0.312 e. The lowest BCUT2D eigenvalue weighted by molar-refractivity contribution is -0.151. The van der Waals surface area contributed by atoms with Crippen LogP contribution >= 0.6 is 11.3 Å². The van der Waals surface area contributed by atoms with Crippen LogP contribution in [0.25, 0.3) is 21.1 Å². The molecule has 0 fully saturated rings. The van der Waals surface area contributed by atoms with E-state index in [9.17, 15) is 4.79 Å². The van der Waals surface area contributed by atoms with Crippen molar-refractivity contribution in [3.05, 3.63) is 87.3 Å². The molecule has 2 atom stereocenters. The Balaban J connectivity index is 1.40. The van der Waals surface area contributed by atoms with Gasteiger partial charge in [0.25, 0.3) is 0 Å². The average molecular weight is 597 g/mol. The average Bonchev–Trinajstić information content (AvgIpc) is 3.56. The zero-order chi connectivity index (χ0) is 30.5. The van der Waals surface area contributed by atoms with E-state index in [2.05, 4.69) is 89.9 Å². The predicted octanol–water partition coefficient (Wildman–Crippen LogP) is 7.30. The zero-order valence-electron chi connectivity index (χ0n) is 26.1. The van der Waals surface area contributed by atoms with Crippen molar-refractivity contribution >= 4 is 38.4 Å². The van der Waals surface area contributed by atoms with Gasteiger partial charge in [-0.15, -0.1) is 16.4 Å². The van der Waals surface area contributed by atoms with Crippen molar-refractivity contribution in [2.24, 2.45) is 12.5 Å². The number of thiophene rings is 1. The van der Waals surface area contributed by atoms with E-state index < -0.39 is 5.41 Å². The number of fused-ring (bicyclic) bond motifs is 3. The molecular weight excluding hydrogens is 556 g/mol. The lowest BCUT2D eigenvalue weighted by Crippen LogP contribution is -2.34. The maximum atomic E-state index is 13.3. The van der Waals surface area contributed by atoms with Gasteiger partial charge < -0.3 is 9.47 Å². The highest BCUT2D eigenvalue weighted by molar-refractivity contribution is 7.17. The molecule has 0 aliphatic carbocycles. The molecule has 0 N–H and O–H groups in total. The molecular formula is C35H40N4O3S. The monoisotopic (exact) mass is 596 g/mol. The van der Waals surface area contributed by atoms with Gasteiger partial charge in [0.05, 0.1) is 18.0 Å². The standard InChI is InChI=1S/C35H40N4O3S/c1-8-27-20-39(19-26-15-23-13-14-43-31(23)17-30(26)42-27)18-25-16-24(10-9-21(25)2)32(35(4,5)34(40)41-7)28-11-12-29-33(22(28)3)36-37-38(29)6/h9-17,27,32H,8,18-20H2,1-7H3/t27-,32?/m1/s1. The van der Waals surface area contributed by atoms with Gasteiger partial charge in [0.2, 0.25) is 0 Å². The van der Waals surface area contributed by atoms with E-state index in [1.807, 2.05) is 20.9 Å². The molecule has 1 aliphatic heterocycles. The minimum Gasteiger partial charge on any atom is -0.489 e. The summed E-state index contributed by atoms with van der Waals surface area (Å²) in [7, 11) is 3.36. The number of benzene rings is 3. The van der Waals surface area contributed by atoms with Gasteiger partial charge in [0.15, 0.2) is 0 Å². The van der Waals surface area contributed by atoms with E-state index in [-0.39, 0.29) is 18.0 Å². The van der Waals surface area contributed by atoms with E-state index in [1.54, 1.807) is 16.0 Å². The molecule has 6 rings (SSSR count). The Labute approximate surface area is 257 Å². The lowest BCUT2D eigenvalue weighted by atomic mass is 9.69. The van der Waals surface area contributed by atoms with Crippen LogP contribution in [-0.4, -0.2) is 45.6 Å². The summed E-state index contributed by atoms with van der Waals surface area (Å²) in [6.07, 6.45) is 1.06. The van der Waals surface area contributed by atoms with Gasteiger partial charge in [-0.25, -0.2) is 4.68 Å². The molecule has 3 aromatic carbocycles. The van der Waals surface area contributed by atoms with E-state index in [0.717, 1.165) is 59.5 Å². The van der Waals surface area contributed by atoms with Crippen LogP contribution in [0.15, 0.2) is 53.9 Å². The Morgan fingerprint density at radius 2 is 1.98 bits per heavy atom. The van der Waals surface area contributed by atoms with E-state index in [1.165, 1.54) is 33.9 Å². The van der Waals surface area contributed by atoms with E-state index in [4.69, 9.17) is 9.47 Å². The topological polar surface area (TPSA) is 69.5 Å². The Morgan fingerprint density at radius 1 is 1.16 bits per heavy atom. The Morgan fingerprint density at radius 3 is 2.74 bits per heavy atom. The highest BCUT2D eigenvalue weighted by Crippen LogP contribution is 2.44. The fourth-order valence-electron chi connectivity index (χ4n) is 6.62. The van der Waals surface area contributed by atoms with Crippen molar-refractivity contribution in [3.63, 3.8) is 0 Å². The summed E-state index contributed by atoms with van der Waals surface area (Å²) in [5.41, 5.74) is 7.87. The van der Waals surface area contributed by atoms with Gasteiger partial charge in [0, 0.05) is 42.9 Å². The van der Waals surface area contributed by atoms with Crippen molar-refractivity contribution in [3.8, 4) is 5.75 Å². The van der Waals surface area contributed by atoms with Gasteiger partial charge in [0.1, 0.15) is 17.4 Å². The number of esters is 1. The van der Waals surface area contributed by atoms with Crippen LogP contribution in [0.1, 0.15) is 66.5 Å². The van der Waals surface area contributed by atoms with Crippen LogP contribution in [0.4, 0.5) is 0 Å². The van der Waals surface area contributed by atoms with Crippen LogP contribution in [0.2, 0.25) is 0 Å². The molecule has 43 heavy (non-hydrogen) atoms. The summed E-state index contributed by atoms with van der Waals surface area (Å²) in [5, 5.41) is 12.1. The summed E-state index contributed by atoms with van der Waals surface area (Å²) in [6.45, 7) is 12.8. The zero-order valence-corrected chi connectivity index (χ0v) is 26.9. The first-order chi connectivity index (χ1) is 20.6. The Bertz CT molecular complexity index is 1820. The van der Waals surface area contributed by atoms with E-state index >= 15 is 0 Å². The molecule has 0 saturated heterocycles. The second-order valence-corrected chi connectivity index (χ2v) is 13.4. The fraction of sp³-hybridized carbons (Fsp3) is 0.400. The normalized spacial score (nSPS) is 16.6. The lowest BCUT2D eigenvalue weighted by Gasteiger charge is -2.34. The summed E-state index contributed by atoms with van der Waals surface area (Å²) in [5.74, 6) is 0.517. The number of aryl methyl sites for hydroxylation is 3. The molecule has 2 aromatic heterocycles. The number of aromatic nitrogens is 3. The Kier molecular flexibility index (Phi) is 7.77. The number of ether oxygens (including phenoxy) is 2. The Hall–Kier alpha value is -3.75. The van der Waals surface area contributed by atoms with Gasteiger partial charge >= 0.3 is 5.97 Å². The van der Waals surface area contributed by atoms with Crippen LogP contribution in [0, 0.1) is 19.3 Å².